The molecule has 0 bridgehead atoms. The zero-order chi connectivity index (χ0) is 15.0. The van der Waals surface area contributed by atoms with Crippen molar-refractivity contribution in [2.24, 2.45) is 5.92 Å². The Morgan fingerprint density at radius 2 is 2.00 bits per heavy atom. The number of carbonyl (C=O) groups is 1. The van der Waals surface area contributed by atoms with Crippen molar-refractivity contribution in [3.63, 3.8) is 0 Å². The Kier molecular flexibility index (Phi) is 3.94. The molecule has 3 rings (SSSR count). The third kappa shape index (κ3) is 2.93. The molecule has 112 valence electrons. The van der Waals surface area contributed by atoms with Crippen LogP contribution in [0, 0.1) is 12.8 Å². The maximum absolute atomic E-state index is 12.4. The van der Waals surface area contributed by atoms with Gasteiger partial charge < -0.3 is 9.73 Å². The topological polar surface area (TPSA) is 42.2 Å². The molecule has 1 N–H and O–H groups in total. The predicted octanol–water partition coefficient (Wildman–Crippen LogP) is 4.70. The van der Waals surface area contributed by atoms with Crippen molar-refractivity contribution >= 4 is 28.5 Å². The third-order valence-corrected chi connectivity index (χ3v) is 4.69. The van der Waals surface area contributed by atoms with Crippen LogP contribution in [-0.2, 0) is 0 Å². The molecule has 1 aromatic heterocycles. The van der Waals surface area contributed by atoms with Crippen LogP contribution in [0.1, 0.15) is 48.7 Å². The van der Waals surface area contributed by atoms with E-state index in [2.05, 4.69) is 12.2 Å². The molecule has 3 nitrogen and oxygen atoms in total. The SMILES string of the molecule is Cc1c(C(=O)NC2CCC(C)CC2)oc2ccc(Cl)cc12. The van der Waals surface area contributed by atoms with Gasteiger partial charge in [-0.15, -0.1) is 0 Å². The van der Waals surface area contributed by atoms with Crippen LogP contribution in [0.15, 0.2) is 22.6 Å². The van der Waals surface area contributed by atoms with Crippen molar-refractivity contribution in [1.82, 2.24) is 5.32 Å². The molecule has 0 atom stereocenters. The molecular formula is C17H20ClNO2. The fourth-order valence-corrected chi connectivity index (χ4v) is 3.24. The summed E-state index contributed by atoms with van der Waals surface area (Å²) in [4.78, 5) is 12.4. The summed E-state index contributed by atoms with van der Waals surface area (Å²) in [5, 5.41) is 4.67. The van der Waals surface area contributed by atoms with E-state index in [1.807, 2.05) is 19.1 Å². The van der Waals surface area contributed by atoms with Gasteiger partial charge in [-0.3, -0.25) is 4.79 Å². The number of furan rings is 1. The molecule has 2 aromatic rings. The van der Waals surface area contributed by atoms with Crippen LogP contribution in [0.3, 0.4) is 0 Å². The fraction of sp³-hybridized carbons (Fsp3) is 0.471. The lowest BCUT2D eigenvalue weighted by atomic mass is 9.87. The monoisotopic (exact) mass is 305 g/mol. The molecule has 1 aromatic carbocycles. The molecule has 1 saturated carbocycles. The van der Waals surface area contributed by atoms with Crippen molar-refractivity contribution < 1.29 is 9.21 Å². The fourth-order valence-electron chi connectivity index (χ4n) is 3.07. The van der Waals surface area contributed by atoms with Crippen LogP contribution in [0.25, 0.3) is 11.0 Å². The number of amides is 1. The Labute approximate surface area is 129 Å². The van der Waals surface area contributed by atoms with Gasteiger partial charge in [0, 0.05) is 22.0 Å². The maximum Gasteiger partial charge on any atom is 0.287 e. The summed E-state index contributed by atoms with van der Waals surface area (Å²) >= 11 is 6.01. The van der Waals surface area contributed by atoms with E-state index in [0.29, 0.717) is 16.4 Å². The zero-order valence-electron chi connectivity index (χ0n) is 12.4. The van der Waals surface area contributed by atoms with Crippen LogP contribution >= 0.6 is 11.6 Å². The first-order chi connectivity index (χ1) is 10.0. The number of benzene rings is 1. The summed E-state index contributed by atoms with van der Waals surface area (Å²) in [5.74, 6) is 1.07. The number of nitrogens with one attached hydrogen (secondary N) is 1. The average molecular weight is 306 g/mol. The van der Waals surface area contributed by atoms with Crippen LogP contribution < -0.4 is 5.32 Å². The Balaban J connectivity index is 1.80. The van der Waals surface area contributed by atoms with Gasteiger partial charge in [0.05, 0.1) is 0 Å². The second-order valence-corrected chi connectivity index (χ2v) is 6.56. The summed E-state index contributed by atoms with van der Waals surface area (Å²) in [6, 6.07) is 5.69. The van der Waals surface area contributed by atoms with Crippen LogP contribution in [0.5, 0.6) is 0 Å². The van der Waals surface area contributed by atoms with E-state index in [0.717, 1.165) is 29.7 Å². The van der Waals surface area contributed by atoms with E-state index in [1.165, 1.54) is 12.8 Å². The lowest BCUT2D eigenvalue weighted by Gasteiger charge is -2.26. The zero-order valence-corrected chi connectivity index (χ0v) is 13.2. The Hall–Kier alpha value is -1.48. The van der Waals surface area contributed by atoms with E-state index in [-0.39, 0.29) is 11.9 Å². The van der Waals surface area contributed by atoms with Crippen molar-refractivity contribution in [3.8, 4) is 0 Å². The number of fused-ring (bicyclic) bond motifs is 1. The molecule has 0 aliphatic heterocycles. The first-order valence-corrected chi connectivity index (χ1v) is 7.92. The standard InChI is InChI=1S/C17H20ClNO2/c1-10-3-6-13(7-4-10)19-17(20)16-11(2)14-9-12(18)5-8-15(14)21-16/h5,8-10,13H,3-4,6-7H2,1-2H3,(H,19,20). The lowest BCUT2D eigenvalue weighted by molar-refractivity contribution is 0.0896. The minimum Gasteiger partial charge on any atom is -0.451 e. The minimum absolute atomic E-state index is 0.112. The van der Waals surface area contributed by atoms with Gasteiger partial charge in [-0.25, -0.2) is 0 Å². The molecular weight excluding hydrogens is 286 g/mol. The number of carbonyl (C=O) groups excluding carboxylic acids is 1. The Bertz CT molecular complexity index is 669. The number of rotatable bonds is 2. The molecule has 1 aliphatic carbocycles. The third-order valence-electron chi connectivity index (χ3n) is 4.46. The highest BCUT2D eigenvalue weighted by atomic mass is 35.5. The molecule has 1 heterocycles. The summed E-state index contributed by atoms with van der Waals surface area (Å²) in [6.07, 6.45) is 4.47. The van der Waals surface area contributed by atoms with Crippen molar-refractivity contribution in [3.05, 3.63) is 34.5 Å². The van der Waals surface area contributed by atoms with Gasteiger partial charge in [-0.05, 0) is 56.7 Å². The first kappa shape index (κ1) is 14.5. The van der Waals surface area contributed by atoms with Crippen molar-refractivity contribution in [2.45, 2.75) is 45.6 Å². The van der Waals surface area contributed by atoms with Gasteiger partial charge in [0.2, 0.25) is 0 Å². The van der Waals surface area contributed by atoms with Crippen LogP contribution in [0.2, 0.25) is 5.02 Å². The second kappa shape index (κ2) is 5.72. The van der Waals surface area contributed by atoms with Crippen molar-refractivity contribution in [2.75, 3.05) is 0 Å². The number of aryl methyl sites for hydroxylation is 1. The van der Waals surface area contributed by atoms with Crippen LogP contribution in [0.4, 0.5) is 0 Å². The lowest BCUT2D eigenvalue weighted by Crippen LogP contribution is -2.37. The summed E-state index contributed by atoms with van der Waals surface area (Å²) in [7, 11) is 0. The minimum atomic E-state index is -0.112. The van der Waals surface area contributed by atoms with Gasteiger partial charge >= 0.3 is 0 Å². The van der Waals surface area contributed by atoms with Gasteiger partial charge in [-0.2, -0.15) is 0 Å². The van der Waals surface area contributed by atoms with Gasteiger partial charge in [0.15, 0.2) is 5.76 Å². The Morgan fingerprint density at radius 3 is 2.71 bits per heavy atom. The average Bonchev–Trinajstić information content (AvgIpc) is 2.79. The smallest absolute Gasteiger partial charge is 0.287 e. The highest BCUT2D eigenvalue weighted by Crippen LogP contribution is 2.29. The van der Waals surface area contributed by atoms with E-state index in [1.54, 1.807) is 6.07 Å². The molecule has 0 radical (unpaired) electrons. The molecule has 0 spiro atoms. The molecule has 4 heteroatoms. The highest BCUT2D eigenvalue weighted by Gasteiger charge is 2.23. The molecule has 1 amide bonds. The van der Waals surface area contributed by atoms with E-state index in [9.17, 15) is 4.79 Å². The maximum atomic E-state index is 12.4. The predicted molar refractivity (Wildman–Crippen MR) is 84.8 cm³/mol. The Morgan fingerprint density at radius 1 is 1.29 bits per heavy atom. The molecule has 1 aliphatic rings. The number of halogens is 1. The van der Waals surface area contributed by atoms with Gasteiger partial charge in [0.25, 0.3) is 5.91 Å². The molecule has 1 fully saturated rings. The summed E-state index contributed by atoms with van der Waals surface area (Å²) < 4.78 is 5.71. The largest absolute Gasteiger partial charge is 0.451 e. The second-order valence-electron chi connectivity index (χ2n) is 6.13. The van der Waals surface area contributed by atoms with Gasteiger partial charge in [-0.1, -0.05) is 18.5 Å². The van der Waals surface area contributed by atoms with Gasteiger partial charge in [0.1, 0.15) is 5.58 Å². The quantitative estimate of drug-likeness (QED) is 0.873. The molecule has 0 saturated heterocycles. The van der Waals surface area contributed by atoms with E-state index < -0.39 is 0 Å². The van der Waals surface area contributed by atoms with Crippen LogP contribution in [-0.4, -0.2) is 11.9 Å². The number of hydrogen-bond donors (Lipinski definition) is 1. The number of hydrogen-bond acceptors (Lipinski definition) is 2. The summed E-state index contributed by atoms with van der Waals surface area (Å²) in [5.41, 5.74) is 1.56. The van der Waals surface area contributed by atoms with E-state index in [4.69, 9.17) is 16.0 Å². The van der Waals surface area contributed by atoms with E-state index >= 15 is 0 Å². The molecule has 21 heavy (non-hydrogen) atoms. The normalized spacial score (nSPS) is 22.4. The summed E-state index contributed by atoms with van der Waals surface area (Å²) in [6.45, 7) is 4.17. The van der Waals surface area contributed by atoms with Crippen molar-refractivity contribution in [1.29, 1.82) is 0 Å². The highest BCUT2D eigenvalue weighted by molar-refractivity contribution is 6.31. The molecule has 0 unspecified atom stereocenters. The first-order valence-electron chi connectivity index (χ1n) is 7.54.